The summed E-state index contributed by atoms with van der Waals surface area (Å²) in [6.07, 6.45) is -6.42. The quantitative estimate of drug-likeness (QED) is 0.423. The SMILES string of the molecule is O=C(O)C(F)(F)F.O=C(O)C(F)(F)F.c1ccc(-c2nc(C3COCCN3Cc3cccnc3)cs2)cc1. The van der Waals surface area contributed by atoms with E-state index in [1.807, 2.05) is 24.5 Å². The Morgan fingerprint density at radius 3 is 2.13 bits per heavy atom. The van der Waals surface area contributed by atoms with Crippen molar-refractivity contribution in [3.05, 3.63) is 71.5 Å². The van der Waals surface area contributed by atoms with E-state index in [2.05, 4.69) is 45.6 Å². The smallest absolute Gasteiger partial charge is 0.475 e. The van der Waals surface area contributed by atoms with E-state index in [1.54, 1.807) is 11.3 Å². The van der Waals surface area contributed by atoms with Gasteiger partial charge in [0.25, 0.3) is 0 Å². The molecule has 1 aliphatic heterocycles. The summed E-state index contributed by atoms with van der Waals surface area (Å²) in [6, 6.07) is 14.7. The molecular weight excluding hydrogens is 544 g/mol. The van der Waals surface area contributed by atoms with Crippen LogP contribution in [-0.2, 0) is 20.9 Å². The van der Waals surface area contributed by atoms with Gasteiger partial charge in [-0.2, -0.15) is 26.3 Å². The van der Waals surface area contributed by atoms with Crippen LogP contribution in [0, 0.1) is 0 Å². The van der Waals surface area contributed by atoms with Gasteiger partial charge in [-0.1, -0.05) is 36.4 Å². The van der Waals surface area contributed by atoms with Crippen molar-refractivity contribution >= 4 is 23.3 Å². The minimum atomic E-state index is -5.08. The van der Waals surface area contributed by atoms with Crippen LogP contribution in [0.4, 0.5) is 26.3 Å². The van der Waals surface area contributed by atoms with Crippen molar-refractivity contribution in [1.29, 1.82) is 0 Å². The fraction of sp³-hybridized carbons (Fsp3) is 0.304. The molecule has 1 aromatic carbocycles. The molecule has 15 heteroatoms. The van der Waals surface area contributed by atoms with Crippen LogP contribution in [0.1, 0.15) is 17.3 Å². The van der Waals surface area contributed by atoms with Crippen LogP contribution in [0.3, 0.4) is 0 Å². The van der Waals surface area contributed by atoms with Gasteiger partial charge in [-0.15, -0.1) is 11.3 Å². The molecule has 1 unspecified atom stereocenters. The number of morpholine rings is 1. The fourth-order valence-corrected chi connectivity index (χ4v) is 3.85. The molecule has 1 aliphatic rings. The van der Waals surface area contributed by atoms with Gasteiger partial charge in [-0.25, -0.2) is 14.6 Å². The van der Waals surface area contributed by atoms with Gasteiger partial charge in [0.1, 0.15) is 5.01 Å². The topological polar surface area (TPSA) is 113 Å². The predicted molar refractivity (Wildman–Crippen MR) is 123 cm³/mol. The van der Waals surface area contributed by atoms with Gasteiger partial charge in [-0.05, 0) is 11.6 Å². The van der Waals surface area contributed by atoms with Crippen molar-refractivity contribution in [2.45, 2.75) is 24.9 Å². The molecule has 0 saturated carbocycles. The van der Waals surface area contributed by atoms with Crippen LogP contribution in [-0.4, -0.2) is 69.1 Å². The number of hydrogen-bond acceptors (Lipinski definition) is 7. The summed E-state index contributed by atoms with van der Waals surface area (Å²) in [5, 5.41) is 17.5. The molecule has 206 valence electrons. The molecule has 8 nitrogen and oxygen atoms in total. The molecule has 2 N–H and O–H groups in total. The lowest BCUT2D eigenvalue weighted by atomic mass is 10.1. The number of nitrogens with zero attached hydrogens (tertiary/aromatic N) is 3. The summed E-state index contributed by atoms with van der Waals surface area (Å²) in [7, 11) is 0. The van der Waals surface area contributed by atoms with Crippen LogP contribution >= 0.6 is 11.3 Å². The normalized spacial score (nSPS) is 15.9. The zero-order valence-electron chi connectivity index (χ0n) is 19.3. The van der Waals surface area contributed by atoms with E-state index in [1.165, 1.54) is 11.1 Å². The van der Waals surface area contributed by atoms with E-state index in [9.17, 15) is 26.3 Å². The van der Waals surface area contributed by atoms with Crippen LogP contribution in [0.15, 0.2) is 60.2 Å². The van der Waals surface area contributed by atoms with E-state index in [0.717, 1.165) is 30.4 Å². The molecule has 2 aromatic heterocycles. The zero-order chi connectivity index (χ0) is 28.3. The minimum Gasteiger partial charge on any atom is -0.475 e. The maximum atomic E-state index is 10.6. The standard InChI is InChI=1S/C19H19N3OS.2C2HF3O2/c1-2-6-16(7-3-1)19-21-17(14-24-19)18-13-23-10-9-22(18)12-15-5-4-8-20-11-15;2*3-2(4,5)1(6)7/h1-8,11,14,18H,9-10,12-13H2;2*(H,6,7). The number of carbonyl (C=O) groups is 2. The minimum absolute atomic E-state index is 0.202. The van der Waals surface area contributed by atoms with Crippen LogP contribution in [0.2, 0.25) is 0 Å². The molecule has 0 bridgehead atoms. The largest absolute Gasteiger partial charge is 0.490 e. The molecular formula is C23H21F6N3O5S. The van der Waals surface area contributed by atoms with Crippen molar-refractivity contribution in [3.8, 4) is 10.6 Å². The first-order valence-corrected chi connectivity index (χ1v) is 11.5. The van der Waals surface area contributed by atoms with Gasteiger partial charge in [0.2, 0.25) is 0 Å². The Balaban J connectivity index is 0.000000301. The molecule has 0 spiro atoms. The Morgan fingerprint density at radius 1 is 1.00 bits per heavy atom. The first-order chi connectivity index (χ1) is 17.8. The molecule has 3 heterocycles. The summed E-state index contributed by atoms with van der Waals surface area (Å²) in [6.45, 7) is 3.25. The number of carboxylic acid groups (broad SMARTS) is 2. The summed E-state index contributed by atoms with van der Waals surface area (Å²) >= 11 is 1.70. The number of carboxylic acids is 2. The third kappa shape index (κ3) is 10.1. The molecule has 3 aromatic rings. The van der Waals surface area contributed by atoms with Crippen molar-refractivity contribution in [2.75, 3.05) is 19.8 Å². The highest BCUT2D eigenvalue weighted by molar-refractivity contribution is 7.13. The molecule has 1 fully saturated rings. The lowest BCUT2D eigenvalue weighted by Crippen LogP contribution is -2.39. The summed E-state index contributed by atoms with van der Waals surface area (Å²) < 4.78 is 69.2. The average molecular weight is 565 g/mol. The molecule has 0 aliphatic carbocycles. The lowest BCUT2D eigenvalue weighted by Gasteiger charge is -2.34. The fourth-order valence-electron chi connectivity index (χ4n) is 2.98. The number of aliphatic carboxylic acids is 2. The molecule has 0 radical (unpaired) electrons. The van der Waals surface area contributed by atoms with Crippen molar-refractivity contribution in [2.24, 2.45) is 0 Å². The van der Waals surface area contributed by atoms with E-state index in [-0.39, 0.29) is 6.04 Å². The predicted octanol–water partition coefficient (Wildman–Crippen LogP) is 5.05. The number of ether oxygens (including phenoxy) is 1. The van der Waals surface area contributed by atoms with E-state index in [0.29, 0.717) is 6.61 Å². The van der Waals surface area contributed by atoms with Gasteiger partial charge in [0, 0.05) is 36.4 Å². The van der Waals surface area contributed by atoms with Gasteiger partial charge >= 0.3 is 24.3 Å². The highest BCUT2D eigenvalue weighted by atomic mass is 32.1. The first kappa shape index (κ1) is 30.7. The molecule has 38 heavy (non-hydrogen) atoms. The first-order valence-electron chi connectivity index (χ1n) is 10.6. The van der Waals surface area contributed by atoms with Gasteiger partial charge in [-0.3, -0.25) is 9.88 Å². The number of halogens is 6. The second-order valence-electron chi connectivity index (χ2n) is 7.47. The third-order valence-corrected chi connectivity index (χ3v) is 5.63. The van der Waals surface area contributed by atoms with E-state index < -0.39 is 24.3 Å². The molecule has 0 amide bonds. The third-order valence-electron chi connectivity index (χ3n) is 4.72. The second-order valence-corrected chi connectivity index (χ2v) is 8.33. The number of rotatable bonds is 4. The highest BCUT2D eigenvalue weighted by Crippen LogP contribution is 2.31. The summed E-state index contributed by atoms with van der Waals surface area (Å²) in [5.74, 6) is -5.51. The average Bonchev–Trinajstić information content (AvgIpc) is 3.35. The number of hydrogen-bond donors (Lipinski definition) is 2. The number of thiazole rings is 1. The van der Waals surface area contributed by atoms with Crippen molar-refractivity contribution in [1.82, 2.24) is 14.9 Å². The number of pyridine rings is 1. The Kier molecular flexibility index (Phi) is 11.2. The van der Waals surface area contributed by atoms with Crippen molar-refractivity contribution in [3.63, 3.8) is 0 Å². The van der Waals surface area contributed by atoms with Gasteiger partial charge in [0.15, 0.2) is 0 Å². The maximum absolute atomic E-state index is 10.6. The van der Waals surface area contributed by atoms with Crippen LogP contribution in [0.5, 0.6) is 0 Å². The monoisotopic (exact) mass is 565 g/mol. The van der Waals surface area contributed by atoms with Crippen molar-refractivity contribution < 1.29 is 50.9 Å². The Bertz CT molecular complexity index is 1140. The van der Waals surface area contributed by atoms with Crippen LogP contribution < -0.4 is 0 Å². The summed E-state index contributed by atoms with van der Waals surface area (Å²) in [4.78, 5) is 29.3. The lowest BCUT2D eigenvalue weighted by molar-refractivity contribution is -0.193. The molecule has 4 rings (SSSR count). The molecule has 1 saturated heterocycles. The maximum Gasteiger partial charge on any atom is 0.490 e. The number of benzene rings is 1. The Morgan fingerprint density at radius 2 is 1.61 bits per heavy atom. The molecule has 1 atom stereocenters. The van der Waals surface area contributed by atoms with Gasteiger partial charge < -0.3 is 14.9 Å². The number of alkyl halides is 6. The Labute approximate surface area is 216 Å². The van der Waals surface area contributed by atoms with E-state index in [4.69, 9.17) is 29.5 Å². The highest BCUT2D eigenvalue weighted by Gasteiger charge is 2.38. The van der Waals surface area contributed by atoms with Gasteiger partial charge in [0.05, 0.1) is 24.9 Å². The Hall–Kier alpha value is -3.56. The zero-order valence-corrected chi connectivity index (χ0v) is 20.1. The number of aromatic nitrogens is 2. The van der Waals surface area contributed by atoms with E-state index >= 15 is 0 Å². The summed E-state index contributed by atoms with van der Waals surface area (Å²) in [5.41, 5.74) is 3.50. The second kappa shape index (κ2) is 13.8. The van der Waals surface area contributed by atoms with Crippen LogP contribution in [0.25, 0.3) is 10.6 Å².